The molecule has 3 nitrogen and oxygen atoms in total. The molecule has 0 atom stereocenters. The Morgan fingerprint density at radius 3 is 2.80 bits per heavy atom. The van der Waals surface area contributed by atoms with E-state index in [1.54, 1.807) is 0 Å². The van der Waals surface area contributed by atoms with Gasteiger partial charge in [0.15, 0.2) is 0 Å². The minimum absolute atomic E-state index is 0.0334. The minimum atomic E-state index is 0.0334. The highest BCUT2D eigenvalue weighted by molar-refractivity contribution is 9.10. The first kappa shape index (κ1) is 15.8. The second-order valence-electron chi connectivity index (χ2n) is 6.33. The van der Waals surface area contributed by atoms with Gasteiger partial charge in [-0.15, -0.1) is 0 Å². The lowest BCUT2D eigenvalue weighted by molar-refractivity contribution is 0.0643. The van der Waals surface area contributed by atoms with Crippen molar-refractivity contribution in [2.45, 2.75) is 45.8 Å². The average molecular weight is 341 g/mol. The van der Waals surface area contributed by atoms with E-state index in [4.69, 9.17) is 4.74 Å². The highest BCUT2D eigenvalue weighted by atomic mass is 79.9. The Morgan fingerprint density at radius 1 is 1.40 bits per heavy atom. The van der Waals surface area contributed by atoms with Crippen molar-refractivity contribution in [2.24, 2.45) is 0 Å². The number of halogens is 1. The van der Waals surface area contributed by atoms with E-state index in [1.807, 2.05) is 0 Å². The molecule has 1 aliphatic heterocycles. The standard InChI is InChI=1S/C16H25BrN2O/c1-12(2)18-10-13-5-6-14(17)9-15(13)19-7-8-20-11-16(19,3)4/h5-6,9,12,18H,7-8,10-11H2,1-4H3. The van der Waals surface area contributed by atoms with Crippen molar-refractivity contribution < 1.29 is 4.74 Å². The number of nitrogens with one attached hydrogen (secondary N) is 1. The quantitative estimate of drug-likeness (QED) is 0.906. The number of benzene rings is 1. The maximum atomic E-state index is 5.64. The molecule has 1 aromatic carbocycles. The molecule has 1 aromatic rings. The van der Waals surface area contributed by atoms with E-state index in [2.05, 4.69) is 72.0 Å². The van der Waals surface area contributed by atoms with Crippen LogP contribution in [0.4, 0.5) is 5.69 Å². The summed E-state index contributed by atoms with van der Waals surface area (Å²) in [6, 6.07) is 7.04. The van der Waals surface area contributed by atoms with Crippen LogP contribution in [0.5, 0.6) is 0 Å². The van der Waals surface area contributed by atoms with Crippen molar-refractivity contribution in [1.29, 1.82) is 0 Å². The summed E-state index contributed by atoms with van der Waals surface area (Å²) in [5.74, 6) is 0. The first-order chi connectivity index (χ1) is 9.40. The highest BCUT2D eigenvalue weighted by Gasteiger charge is 2.31. The number of ether oxygens (including phenoxy) is 1. The van der Waals surface area contributed by atoms with Gasteiger partial charge < -0.3 is 15.0 Å². The molecule has 0 radical (unpaired) electrons. The summed E-state index contributed by atoms with van der Waals surface area (Å²) in [6.45, 7) is 12.3. The molecule has 0 saturated carbocycles. The van der Waals surface area contributed by atoms with Crippen molar-refractivity contribution in [3.8, 4) is 0 Å². The van der Waals surface area contributed by atoms with Gasteiger partial charge in [-0.25, -0.2) is 0 Å². The van der Waals surface area contributed by atoms with Crippen molar-refractivity contribution >= 4 is 21.6 Å². The van der Waals surface area contributed by atoms with Crippen LogP contribution in [0.3, 0.4) is 0 Å². The third-order valence-corrected chi connectivity index (χ3v) is 4.18. The molecule has 20 heavy (non-hydrogen) atoms. The highest BCUT2D eigenvalue weighted by Crippen LogP contribution is 2.32. The summed E-state index contributed by atoms with van der Waals surface area (Å²) in [4.78, 5) is 2.47. The van der Waals surface area contributed by atoms with E-state index in [1.165, 1.54) is 11.3 Å². The van der Waals surface area contributed by atoms with Crippen molar-refractivity contribution in [2.75, 3.05) is 24.7 Å². The van der Waals surface area contributed by atoms with E-state index in [0.717, 1.165) is 30.8 Å². The fraction of sp³-hybridized carbons (Fsp3) is 0.625. The van der Waals surface area contributed by atoms with Gasteiger partial charge in [-0.1, -0.05) is 35.8 Å². The zero-order valence-electron chi connectivity index (χ0n) is 12.9. The van der Waals surface area contributed by atoms with Crippen LogP contribution < -0.4 is 10.2 Å². The number of hydrogen-bond donors (Lipinski definition) is 1. The molecule has 0 spiro atoms. The molecular formula is C16H25BrN2O. The maximum absolute atomic E-state index is 5.64. The lowest BCUT2D eigenvalue weighted by Crippen LogP contribution is -2.53. The maximum Gasteiger partial charge on any atom is 0.0694 e. The summed E-state index contributed by atoms with van der Waals surface area (Å²) in [5, 5.41) is 3.51. The number of anilines is 1. The number of hydrogen-bond acceptors (Lipinski definition) is 3. The van der Waals surface area contributed by atoms with Gasteiger partial charge in [0.05, 0.1) is 18.8 Å². The van der Waals surface area contributed by atoms with Crippen molar-refractivity contribution in [1.82, 2.24) is 5.32 Å². The Morgan fingerprint density at radius 2 is 2.15 bits per heavy atom. The topological polar surface area (TPSA) is 24.5 Å². The van der Waals surface area contributed by atoms with E-state index in [9.17, 15) is 0 Å². The smallest absolute Gasteiger partial charge is 0.0694 e. The molecule has 112 valence electrons. The molecule has 0 amide bonds. The van der Waals surface area contributed by atoms with Gasteiger partial charge in [0.2, 0.25) is 0 Å². The third-order valence-electron chi connectivity index (χ3n) is 3.68. The molecule has 1 aliphatic rings. The molecule has 0 unspecified atom stereocenters. The van der Waals surface area contributed by atoms with Gasteiger partial charge in [0, 0.05) is 29.3 Å². The van der Waals surface area contributed by atoms with Crippen LogP contribution >= 0.6 is 15.9 Å². The molecule has 2 rings (SSSR count). The lowest BCUT2D eigenvalue weighted by atomic mass is 9.99. The van der Waals surface area contributed by atoms with E-state index in [0.29, 0.717) is 6.04 Å². The molecule has 4 heteroatoms. The van der Waals surface area contributed by atoms with Crippen LogP contribution in [0.25, 0.3) is 0 Å². The fourth-order valence-electron chi connectivity index (χ4n) is 2.56. The largest absolute Gasteiger partial charge is 0.377 e. The van der Waals surface area contributed by atoms with Gasteiger partial charge in [-0.05, 0) is 31.5 Å². The van der Waals surface area contributed by atoms with Gasteiger partial charge in [0.1, 0.15) is 0 Å². The third kappa shape index (κ3) is 3.74. The Balaban J connectivity index is 2.30. The normalized spacial score (nSPS) is 18.6. The van der Waals surface area contributed by atoms with E-state index >= 15 is 0 Å². The number of nitrogens with zero attached hydrogens (tertiary/aromatic N) is 1. The minimum Gasteiger partial charge on any atom is -0.377 e. The number of rotatable bonds is 4. The second kappa shape index (κ2) is 6.46. The van der Waals surface area contributed by atoms with Crippen molar-refractivity contribution in [3.05, 3.63) is 28.2 Å². The Labute approximate surface area is 130 Å². The van der Waals surface area contributed by atoms with Gasteiger partial charge in [0.25, 0.3) is 0 Å². The van der Waals surface area contributed by atoms with Gasteiger partial charge in [-0.3, -0.25) is 0 Å². The van der Waals surface area contributed by atoms with Crippen LogP contribution in [-0.4, -0.2) is 31.3 Å². The summed E-state index contributed by atoms with van der Waals surface area (Å²) in [7, 11) is 0. The predicted octanol–water partition coefficient (Wildman–Crippen LogP) is 3.56. The first-order valence-corrected chi connectivity index (χ1v) is 8.06. The molecule has 0 bridgehead atoms. The first-order valence-electron chi connectivity index (χ1n) is 7.27. The summed E-state index contributed by atoms with van der Waals surface area (Å²) in [5.41, 5.74) is 2.68. The van der Waals surface area contributed by atoms with E-state index in [-0.39, 0.29) is 5.54 Å². The summed E-state index contributed by atoms with van der Waals surface area (Å²) < 4.78 is 6.76. The lowest BCUT2D eigenvalue weighted by Gasteiger charge is -2.44. The monoisotopic (exact) mass is 340 g/mol. The van der Waals surface area contributed by atoms with Crippen LogP contribution in [0.15, 0.2) is 22.7 Å². The molecule has 1 heterocycles. The molecule has 0 aromatic heterocycles. The van der Waals surface area contributed by atoms with Gasteiger partial charge in [-0.2, -0.15) is 0 Å². The SMILES string of the molecule is CC(C)NCc1ccc(Br)cc1N1CCOCC1(C)C. The zero-order chi connectivity index (χ0) is 14.8. The van der Waals surface area contributed by atoms with Gasteiger partial charge >= 0.3 is 0 Å². The van der Waals surface area contributed by atoms with Crippen LogP contribution in [0.2, 0.25) is 0 Å². The Hall–Kier alpha value is -0.580. The molecule has 1 fully saturated rings. The molecule has 1 N–H and O–H groups in total. The van der Waals surface area contributed by atoms with Crippen LogP contribution in [-0.2, 0) is 11.3 Å². The van der Waals surface area contributed by atoms with Crippen LogP contribution in [0, 0.1) is 0 Å². The Kier molecular flexibility index (Phi) is 5.10. The molecular weight excluding hydrogens is 316 g/mol. The molecule has 0 aliphatic carbocycles. The summed E-state index contributed by atoms with van der Waals surface area (Å²) >= 11 is 3.60. The Bertz CT molecular complexity index is 460. The van der Waals surface area contributed by atoms with E-state index < -0.39 is 0 Å². The van der Waals surface area contributed by atoms with Crippen LogP contribution in [0.1, 0.15) is 33.3 Å². The zero-order valence-corrected chi connectivity index (χ0v) is 14.5. The number of morpholine rings is 1. The predicted molar refractivity (Wildman–Crippen MR) is 88.4 cm³/mol. The van der Waals surface area contributed by atoms with Crippen molar-refractivity contribution in [3.63, 3.8) is 0 Å². The fourth-order valence-corrected chi connectivity index (χ4v) is 2.91. The average Bonchev–Trinajstić information content (AvgIpc) is 2.36. The second-order valence-corrected chi connectivity index (χ2v) is 7.24. The molecule has 1 saturated heterocycles. The summed E-state index contributed by atoms with van der Waals surface area (Å²) in [6.07, 6.45) is 0.